The van der Waals surface area contributed by atoms with Crippen molar-refractivity contribution in [2.45, 2.75) is 44.6 Å². The second-order valence-corrected chi connectivity index (χ2v) is 6.04. The van der Waals surface area contributed by atoms with Gasteiger partial charge in [-0.05, 0) is 31.0 Å². The van der Waals surface area contributed by atoms with E-state index in [1.807, 2.05) is 0 Å². The standard InChI is InChI=1S/C16H24ClN3O/c17-14-11-12(16(18)21)7-8-15(14)20-10-9-19-13-5-3-1-2-4-6-13/h7-8,11,13,19-20H,1-6,9-10H2,(H2,18,21). The highest BCUT2D eigenvalue weighted by atomic mass is 35.5. The number of rotatable bonds is 6. The van der Waals surface area contributed by atoms with Crippen molar-refractivity contribution >= 4 is 23.2 Å². The molecule has 0 atom stereocenters. The summed E-state index contributed by atoms with van der Waals surface area (Å²) < 4.78 is 0. The lowest BCUT2D eigenvalue weighted by atomic mass is 10.1. The molecule has 1 fully saturated rings. The van der Waals surface area contributed by atoms with E-state index < -0.39 is 5.91 Å². The molecule has 0 heterocycles. The maximum atomic E-state index is 11.1. The third-order valence-electron chi connectivity index (χ3n) is 3.98. The first kappa shape index (κ1) is 16.1. The molecule has 0 aromatic heterocycles. The van der Waals surface area contributed by atoms with Gasteiger partial charge in [0, 0.05) is 24.7 Å². The number of hydrogen-bond acceptors (Lipinski definition) is 3. The van der Waals surface area contributed by atoms with Gasteiger partial charge in [-0.1, -0.05) is 37.3 Å². The lowest BCUT2D eigenvalue weighted by Crippen LogP contribution is -2.32. The van der Waals surface area contributed by atoms with Gasteiger partial charge in [0.2, 0.25) is 5.91 Å². The van der Waals surface area contributed by atoms with E-state index in [1.165, 1.54) is 38.5 Å². The van der Waals surface area contributed by atoms with Crippen molar-refractivity contribution in [1.82, 2.24) is 5.32 Å². The molecule has 0 saturated heterocycles. The Labute approximate surface area is 131 Å². The van der Waals surface area contributed by atoms with Crippen LogP contribution in [0.5, 0.6) is 0 Å². The fraction of sp³-hybridized carbons (Fsp3) is 0.562. The van der Waals surface area contributed by atoms with Gasteiger partial charge in [0.1, 0.15) is 0 Å². The summed E-state index contributed by atoms with van der Waals surface area (Å²) in [6.45, 7) is 1.73. The van der Waals surface area contributed by atoms with Crippen LogP contribution >= 0.6 is 11.6 Å². The Morgan fingerprint density at radius 2 is 1.90 bits per heavy atom. The van der Waals surface area contributed by atoms with Gasteiger partial charge in [0.15, 0.2) is 0 Å². The predicted octanol–water partition coefficient (Wildman–Crippen LogP) is 3.16. The van der Waals surface area contributed by atoms with Crippen molar-refractivity contribution in [3.63, 3.8) is 0 Å². The topological polar surface area (TPSA) is 67.2 Å². The Kier molecular flexibility index (Phi) is 6.33. The Balaban J connectivity index is 1.74. The quantitative estimate of drug-likeness (QED) is 0.558. The highest BCUT2D eigenvalue weighted by Crippen LogP contribution is 2.22. The average Bonchev–Trinajstić information content (AvgIpc) is 2.73. The normalized spacial score (nSPS) is 16.4. The number of amides is 1. The Morgan fingerprint density at radius 1 is 1.19 bits per heavy atom. The lowest BCUT2D eigenvalue weighted by molar-refractivity contribution is 0.100. The van der Waals surface area contributed by atoms with Gasteiger partial charge in [0.05, 0.1) is 10.7 Å². The summed E-state index contributed by atoms with van der Waals surface area (Å²) in [5.41, 5.74) is 6.49. The Bertz CT molecular complexity index is 471. The van der Waals surface area contributed by atoms with E-state index in [9.17, 15) is 4.79 Å². The number of carbonyl (C=O) groups is 1. The van der Waals surface area contributed by atoms with E-state index in [2.05, 4.69) is 10.6 Å². The molecule has 0 spiro atoms. The minimum Gasteiger partial charge on any atom is -0.383 e. The summed E-state index contributed by atoms with van der Waals surface area (Å²) in [6.07, 6.45) is 8.00. The average molecular weight is 310 g/mol. The molecule has 0 bridgehead atoms. The van der Waals surface area contributed by atoms with Crippen LogP contribution in [0.25, 0.3) is 0 Å². The van der Waals surface area contributed by atoms with E-state index in [0.717, 1.165) is 18.8 Å². The van der Waals surface area contributed by atoms with E-state index in [0.29, 0.717) is 16.6 Å². The van der Waals surface area contributed by atoms with Crippen molar-refractivity contribution in [1.29, 1.82) is 0 Å². The van der Waals surface area contributed by atoms with Gasteiger partial charge in [-0.15, -0.1) is 0 Å². The number of anilines is 1. The number of benzene rings is 1. The van der Waals surface area contributed by atoms with Crippen LogP contribution in [-0.2, 0) is 0 Å². The van der Waals surface area contributed by atoms with Crippen LogP contribution in [0.2, 0.25) is 5.02 Å². The van der Waals surface area contributed by atoms with Gasteiger partial charge >= 0.3 is 0 Å². The van der Waals surface area contributed by atoms with Crippen molar-refractivity contribution in [3.8, 4) is 0 Å². The zero-order valence-corrected chi connectivity index (χ0v) is 13.1. The minimum absolute atomic E-state index is 0.433. The van der Waals surface area contributed by atoms with Crippen molar-refractivity contribution in [2.24, 2.45) is 5.73 Å². The second kappa shape index (κ2) is 8.25. The van der Waals surface area contributed by atoms with Crippen LogP contribution in [-0.4, -0.2) is 25.0 Å². The van der Waals surface area contributed by atoms with E-state index in [-0.39, 0.29) is 0 Å². The molecule has 5 heteroatoms. The number of nitrogens with two attached hydrogens (primary N) is 1. The van der Waals surface area contributed by atoms with Crippen LogP contribution < -0.4 is 16.4 Å². The molecule has 0 radical (unpaired) electrons. The van der Waals surface area contributed by atoms with Gasteiger partial charge in [-0.3, -0.25) is 4.79 Å². The molecule has 0 unspecified atom stereocenters. The summed E-state index contributed by atoms with van der Waals surface area (Å²) >= 11 is 6.13. The number of halogens is 1. The first-order valence-electron chi connectivity index (χ1n) is 7.73. The third kappa shape index (κ3) is 5.21. The predicted molar refractivity (Wildman–Crippen MR) is 88.0 cm³/mol. The SMILES string of the molecule is NC(=O)c1ccc(NCCNC2CCCCCC2)c(Cl)c1. The smallest absolute Gasteiger partial charge is 0.248 e. The van der Waals surface area contributed by atoms with E-state index in [1.54, 1.807) is 18.2 Å². The van der Waals surface area contributed by atoms with Gasteiger partial charge < -0.3 is 16.4 Å². The first-order chi connectivity index (χ1) is 10.2. The van der Waals surface area contributed by atoms with Gasteiger partial charge in [0.25, 0.3) is 0 Å². The van der Waals surface area contributed by atoms with Crippen LogP contribution in [0, 0.1) is 0 Å². The van der Waals surface area contributed by atoms with Gasteiger partial charge in [-0.25, -0.2) is 0 Å². The number of nitrogens with one attached hydrogen (secondary N) is 2. The molecular formula is C16H24ClN3O. The molecule has 116 valence electrons. The van der Waals surface area contributed by atoms with Gasteiger partial charge in [-0.2, -0.15) is 0 Å². The molecule has 1 aliphatic rings. The molecule has 1 aliphatic carbocycles. The monoisotopic (exact) mass is 309 g/mol. The van der Waals surface area contributed by atoms with Crippen LogP contribution in [0.1, 0.15) is 48.9 Å². The fourth-order valence-corrected chi connectivity index (χ4v) is 3.02. The summed E-state index contributed by atoms with van der Waals surface area (Å²) in [7, 11) is 0. The third-order valence-corrected chi connectivity index (χ3v) is 4.29. The number of carbonyl (C=O) groups excluding carboxylic acids is 1. The molecule has 1 amide bonds. The second-order valence-electron chi connectivity index (χ2n) is 5.63. The zero-order chi connectivity index (χ0) is 15.1. The molecule has 1 aromatic rings. The minimum atomic E-state index is -0.460. The maximum absolute atomic E-state index is 11.1. The number of primary amides is 1. The summed E-state index contributed by atoms with van der Waals surface area (Å²) in [5, 5.41) is 7.42. The molecular weight excluding hydrogens is 286 g/mol. The highest BCUT2D eigenvalue weighted by molar-refractivity contribution is 6.33. The van der Waals surface area contributed by atoms with E-state index >= 15 is 0 Å². The van der Waals surface area contributed by atoms with Crippen LogP contribution in [0.15, 0.2) is 18.2 Å². The Morgan fingerprint density at radius 3 is 2.52 bits per heavy atom. The highest BCUT2D eigenvalue weighted by Gasteiger charge is 2.11. The van der Waals surface area contributed by atoms with E-state index in [4.69, 9.17) is 17.3 Å². The molecule has 1 saturated carbocycles. The lowest BCUT2D eigenvalue weighted by Gasteiger charge is -2.17. The largest absolute Gasteiger partial charge is 0.383 e. The molecule has 0 aliphatic heterocycles. The zero-order valence-electron chi connectivity index (χ0n) is 12.3. The number of hydrogen-bond donors (Lipinski definition) is 3. The maximum Gasteiger partial charge on any atom is 0.248 e. The molecule has 1 aromatic carbocycles. The molecule has 4 N–H and O–H groups in total. The summed E-state index contributed by atoms with van der Waals surface area (Å²) in [6, 6.07) is 5.75. The van der Waals surface area contributed by atoms with Crippen LogP contribution in [0.4, 0.5) is 5.69 Å². The fourth-order valence-electron chi connectivity index (χ4n) is 2.77. The van der Waals surface area contributed by atoms with Crippen molar-refractivity contribution in [2.75, 3.05) is 18.4 Å². The Hall–Kier alpha value is -1.26. The van der Waals surface area contributed by atoms with Crippen molar-refractivity contribution < 1.29 is 4.79 Å². The van der Waals surface area contributed by atoms with Crippen molar-refractivity contribution in [3.05, 3.63) is 28.8 Å². The first-order valence-corrected chi connectivity index (χ1v) is 8.11. The van der Waals surface area contributed by atoms with Crippen LogP contribution in [0.3, 0.4) is 0 Å². The molecule has 2 rings (SSSR count). The molecule has 4 nitrogen and oxygen atoms in total. The summed E-state index contributed by atoms with van der Waals surface area (Å²) in [5.74, 6) is -0.460. The molecule has 21 heavy (non-hydrogen) atoms. The summed E-state index contributed by atoms with van der Waals surface area (Å²) in [4.78, 5) is 11.1.